The van der Waals surface area contributed by atoms with Gasteiger partial charge in [-0.2, -0.15) is 0 Å². The minimum atomic E-state index is 0.759. The van der Waals surface area contributed by atoms with Crippen LogP contribution in [0, 0.1) is 20.8 Å². The van der Waals surface area contributed by atoms with Crippen molar-refractivity contribution in [2.45, 2.75) is 20.8 Å². The number of nitrogens with two attached hydrogens (primary N) is 1. The largest absolute Gasteiger partial charge is 0.398 e. The van der Waals surface area contributed by atoms with Crippen LogP contribution in [0.4, 0.5) is 5.69 Å². The summed E-state index contributed by atoms with van der Waals surface area (Å²) in [6, 6.07) is 5.96. The molecular formula is C12H15N3. The van der Waals surface area contributed by atoms with Gasteiger partial charge in [0.2, 0.25) is 0 Å². The van der Waals surface area contributed by atoms with Crippen molar-refractivity contribution < 1.29 is 0 Å². The second kappa shape index (κ2) is 3.42. The first-order valence-electron chi connectivity index (χ1n) is 4.97. The highest BCUT2D eigenvalue weighted by Gasteiger charge is 2.08. The Morgan fingerprint density at radius 1 is 1.20 bits per heavy atom. The van der Waals surface area contributed by atoms with E-state index >= 15 is 0 Å². The lowest BCUT2D eigenvalue weighted by Crippen LogP contribution is -1.92. The van der Waals surface area contributed by atoms with E-state index in [1.165, 1.54) is 5.56 Å². The maximum atomic E-state index is 5.92. The van der Waals surface area contributed by atoms with Gasteiger partial charge in [-0.15, -0.1) is 0 Å². The standard InChI is InChI=1S/C12H15N3/c1-7-4-5-11(13)10(6-7)12-14-8(2)9(3)15-12/h4-6H,13H2,1-3H3,(H,14,15). The Kier molecular flexibility index (Phi) is 2.23. The lowest BCUT2D eigenvalue weighted by atomic mass is 10.1. The van der Waals surface area contributed by atoms with Crippen molar-refractivity contribution in [1.82, 2.24) is 9.97 Å². The highest BCUT2D eigenvalue weighted by atomic mass is 14.9. The Balaban J connectivity index is 2.58. The molecule has 0 atom stereocenters. The molecule has 0 saturated heterocycles. The summed E-state index contributed by atoms with van der Waals surface area (Å²) in [7, 11) is 0. The van der Waals surface area contributed by atoms with Gasteiger partial charge in [-0.1, -0.05) is 11.6 Å². The summed E-state index contributed by atoms with van der Waals surface area (Å²) in [6.07, 6.45) is 0. The van der Waals surface area contributed by atoms with Gasteiger partial charge < -0.3 is 10.7 Å². The Labute approximate surface area is 89.4 Å². The van der Waals surface area contributed by atoms with Crippen molar-refractivity contribution >= 4 is 5.69 Å². The van der Waals surface area contributed by atoms with Crippen LogP contribution in [0.15, 0.2) is 18.2 Å². The van der Waals surface area contributed by atoms with E-state index in [-0.39, 0.29) is 0 Å². The molecule has 2 rings (SSSR count). The van der Waals surface area contributed by atoms with Crippen molar-refractivity contribution in [3.05, 3.63) is 35.2 Å². The third kappa shape index (κ3) is 1.73. The monoisotopic (exact) mass is 201 g/mol. The van der Waals surface area contributed by atoms with Crippen LogP contribution in [-0.2, 0) is 0 Å². The van der Waals surface area contributed by atoms with Crippen molar-refractivity contribution in [1.29, 1.82) is 0 Å². The van der Waals surface area contributed by atoms with Crippen LogP contribution in [0.25, 0.3) is 11.4 Å². The van der Waals surface area contributed by atoms with Gasteiger partial charge in [0, 0.05) is 16.9 Å². The average molecular weight is 201 g/mol. The molecule has 3 heteroatoms. The van der Waals surface area contributed by atoms with Crippen LogP contribution >= 0.6 is 0 Å². The molecule has 1 heterocycles. The minimum absolute atomic E-state index is 0.759. The fraction of sp³-hybridized carbons (Fsp3) is 0.250. The molecule has 15 heavy (non-hydrogen) atoms. The van der Waals surface area contributed by atoms with Gasteiger partial charge in [-0.25, -0.2) is 4.98 Å². The van der Waals surface area contributed by atoms with Crippen molar-refractivity contribution in [3.63, 3.8) is 0 Å². The van der Waals surface area contributed by atoms with Gasteiger partial charge >= 0.3 is 0 Å². The zero-order valence-corrected chi connectivity index (χ0v) is 9.26. The number of nitrogens with one attached hydrogen (secondary N) is 1. The smallest absolute Gasteiger partial charge is 0.139 e. The second-order valence-electron chi connectivity index (χ2n) is 3.89. The number of aromatic nitrogens is 2. The molecule has 0 aliphatic rings. The summed E-state index contributed by atoms with van der Waals surface area (Å²) in [5.41, 5.74) is 11.0. The summed E-state index contributed by atoms with van der Waals surface area (Å²) in [4.78, 5) is 7.68. The highest BCUT2D eigenvalue weighted by molar-refractivity contribution is 5.72. The Bertz CT molecular complexity index is 478. The molecule has 0 aliphatic carbocycles. The number of H-pyrrole nitrogens is 1. The molecule has 0 aliphatic heterocycles. The molecule has 0 radical (unpaired) electrons. The first-order chi connectivity index (χ1) is 7.08. The molecule has 3 nitrogen and oxygen atoms in total. The third-order valence-corrected chi connectivity index (χ3v) is 2.59. The molecule has 78 valence electrons. The number of imidazole rings is 1. The summed E-state index contributed by atoms with van der Waals surface area (Å²) in [5.74, 6) is 0.853. The van der Waals surface area contributed by atoms with E-state index in [9.17, 15) is 0 Å². The molecular weight excluding hydrogens is 186 g/mol. The molecule has 1 aromatic carbocycles. The first kappa shape index (κ1) is 9.77. The van der Waals surface area contributed by atoms with Crippen molar-refractivity contribution in [2.24, 2.45) is 0 Å². The van der Waals surface area contributed by atoms with Crippen LogP contribution < -0.4 is 5.73 Å². The van der Waals surface area contributed by atoms with Crippen LogP contribution in [0.5, 0.6) is 0 Å². The Hall–Kier alpha value is -1.77. The van der Waals surface area contributed by atoms with E-state index in [1.54, 1.807) is 0 Å². The van der Waals surface area contributed by atoms with Crippen LogP contribution in [-0.4, -0.2) is 9.97 Å². The lowest BCUT2D eigenvalue weighted by molar-refractivity contribution is 1.22. The normalized spacial score (nSPS) is 10.6. The van der Waals surface area contributed by atoms with Crippen LogP contribution in [0.3, 0.4) is 0 Å². The number of rotatable bonds is 1. The molecule has 0 spiro atoms. The molecule has 0 amide bonds. The number of nitrogens with zero attached hydrogens (tertiary/aromatic N) is 1. The van der Waals surface area contributed by atoms with Gasteiger partial charge in [-0.3, -0.25) is 0 Å². The van der Waals surface area contributed by atoms with E-state index in [2.05, 4.69) is 9.97 Å². The van der Waals surface area contributed by atoms with Gasteiger partial charge in [0.25, 0.3) is 0 Å². The molecule has 3 N–H and O–H groups in total. The number of hydrogen-bond donors (Lipinski definition) is 2. The number of aryl methyl sites for hydroxylation is 3. The van der Waals surface area contributed by atoms with Gasteiger partial charge in [-0.05, 0) is 32.9 Å². The summed E-state index contributed by atoms with van der Waals surface area (Å²) < 4.78 is 0. The van der Waals surface area contributed by atoms with E-state index in [0.29, 0.717) is 0 Å². The third-order valence-electron chi connectivity index (χ3n) is 2.59. The number of benzene rings is 1. The topological polar surface area (TPSA) is 54.7 Å². The summed E-state index contributed by atoms with van der Waals surface area (Å²) in [6.45, 7) is 6.05. The quantitative estimate of drug-likeness (QED) is 0.697. The van der Waals surface area contributed by atoms with E-state index in [4.69, 9.17) is 5.73 Å². The van der Waals surface area contributed by atoms with Crippen LogP contribution in [0.1, 0.15) is 17.0 Å². The second-order valence-corrected chi connectivity index (χ2v) is 3.89. The Morgan fingerprint density at radius 3 is 2.53 bits per heavy atom. The number of aromatic amines is 1. The number of anilines is 1. The average Bonchev–Trinajstić information content (AvgIpc) is 2.51. The predicted molar refractivity (Wildman–Crippen MR) is 62.6 cm³/mol. The zero-order valence-electron chi connectivity index (χ0n) is 9.26. The van der Waals surface area contributed by atoms with Gasteiger partial charge in [0.1, 0.15) is 5.82 Å². The minimum Gasteiger partial charge on any atom is -0.398 e. The highest BCUT2D eigenvalue weighted by Crippen LogP contribution is 2.25. The molecule has 0 bridgehead atoms. The maximum Gasteiger partial charge on any atom is 0.139 e. The maximum absolute atomic E-state index is 5.92. The molecule has 0 unspecified atom stereocenters. The fourth-order valence-corrected chi connectivity index (χ4v) is 1.55. The number of nitrogen functional groups attached to an aromatic ring is 1. The zero-order chi connectivity index (χ0) is 11.0. The SMILES string of the molecule is Cc1ccc(N)c(-c2nc(C)c(C)[nH]2)c1. The summed E-state index contributed by atoms with van der Waals surface area (Å²) >= 11 is 0. The van der Waals surface area contributed by atoms with E-state index in [1.807, 2.05) is 39.0 Å². The molecule has 0 fully saturated rings. The fourth-order valence-electron chi connectivity index (χ4n) is 1.55. The van der Waals surface area contributed by atoms with Gasteiger partial charge in [0.15, 0.2) is 0 Å². The van der Waals surface area contributed by atoms with E-state index in [0.717, 1.165) is 28.5 Å². The number of hydrogen-bond acceptors (Lipinski definition) is 2. The predicted octanol–water partition coefficient (Wildman–Crippen LogP) is 2.58. The molecule has 2 aromatic rings. The van der Waals surface area contributed by atoms with Crippen LogP contribution in [0.2, 0.25) is 0 Å². The molecule has 1 aromatic heterocycles. The van der Waals surface area contributed by atoms with Gasteiger partial charge in [0.05, 0.1) is 5.69 Å². The lowest BCUT2D eigenvalue weighted by Gasteiger charge is -2.03. The molecule has 0 saturated carbocycles. The van der Waals surface area contributed by atoms with Crippen molar-refractivity contribution in [3.8, 4) is 11.4 Å². The van der Waals surface area contributed by atoms with E-state index < -0.39 is 0 Å². The Morgan fingerprint density at radius 2 is 1.93 bits per heavy atom. The first-order valence-corrected chi connectivity index (χ1v) is 4.97. The van der Waals surface area contributed by atoms with Crippen molar-refractivity contribution in [2.75, 3.05) is 5.73 Å². The summed E-state index contributed by atoms with van der Waals surface area (Å²) in [5, 5.41) is 0.